The second kappa shape index (κ2) is 5.61. The van der Waals surface area contributed by atoms with Gasteiger partial charge in [0.1, 0.15) is 11.2 Å². The van der Waals surface area contributed by atoms with E-state index in [4.69, 9.17) is 4.42 Å². The van der Waals surface area contributed by atoms with Gasteiger partial charge >= 0.3 is 0 Å². The first-order chi connectivity index (χ1) is 14.8. The predicted molar refractivity (Wildman–Crippen MR) is 126 cm³/mol. The van der Waals surface area contributed by atoms with Crippen LogP contribution in [-0.4, -0.2) is 0 Å². The summed E-state index contributed by atoms with van der Waals surface area (Å²) in [6.45, 7) is 2.15. The zero-order chi connectivity index (χ0) is 19.8. The molecule has 1 aromatic heterocycles. The summed E-state index contributed by atoms with van der Waals surface area (Å²) in [5.74, 6) is 0. The van der Waals surface area contributed by atoms with E-state index in [-0.39, 0.29) is 0 Å². The fourth-order valence-electron chi connectivity index (χ4n) is 5.25. The van der Waals surface area contributed by atoms with Crippen molar-refractivity contribution in [2.75, 3.05) is 0 Å². The molecule has 6 aromatic rings. The van der Waals surface area contributed by atoms with Crippen LogP contribution in [0.2, 0.25) is 0 Å². The Kier molecular flexibility index (Phi) is 2.99. The molecule has 7 rings (SSSR count). The van der Waals surface area contributed by atoms with Crippen LogP contribution < -0.4 is 0 Å². The van der Waals surface area contributed by atoms with Crippen molar-refractivity contribution in [3.63, 3.8) is 0 Å². The molecular weight excluding hydrogens is 364 g/mol. The van der Waals surface area contributed by atoms with Crippen LogP contribution in [0.25, 0.3) is 66.1 Å². The van der Waals surface area contributed by atoms with Crippen LogP contribution in [0.1, 0.15) is 5.56 Å². The number of rotatable bonds is 1. The molecule has 1 heteroatoms. The summed E-state index contributed by atoms with van der Waals surface area (Å²) in [7, 11) is 0. The average Bonchev–Trinajstić information content (AvgIpc) is 3.32. The summed E-state index contributed by atoms with van der Waals surface area (Å²) < 4.78 is 6.11. The molecule has 1 heterocycles. The number of hydrogen-bond acceptors (Lipinski definition) is 1. The smallest absolute Gasteiger partial charge is 0.135 e. The zero-order valence-electron chi connectivity index (χ0n) is 16.6. The van der Waals surface area contributed by atoms with Gasteiger partial charge in [-0.25, -0.2) is 0 Å². The minimum Gasteiger partial charge on any atom is -0.456 e. The SMILES string of the molecule is Cc1cccc2oc3ccc(-c4cccc5c4-c4cccc6cccc-5c46)cc3c12. The van der Waals surface area contributed by atoms with Crippen LogP contribution in [0, 0.1) is 6.92 Å². The quantitative estimate of drug-likeness (QED) is 0.278. The highest BCUT2D eigenvalue weighted by Crippen LogP contribution is 2.51. The maximum Gasteiger partial charge on any atom is 0.135 e. The lowest BCUT2D eigenvalue weighted by Gasteiger charge is -2.11. The first-order valence-corrected chi connectivity index (χ1v) is 10.4. The maximum atomic E-state index is 6.11. The third kappa shape index (κ3) is 1.97. The first-order valence-electron chi connectivity index (χ1n) is 10.4. The lowest BCUT2D eigenvalue weighted by Crippen LogP contribution is -1.85. The van der Waals surface area contributed by atoms with Gasteiger partial charge < -0.3 is 4.42 Å². The van der Waals surface area contributed by atoms with Gasteiger partial charge in [0, 0.05) is 10.8 Å². The van der Waals surface area contributed by atoms with E-state index in [9.17, 15) is 0 Å². The van der Waals surface area contributed by atoms with Crippen molar-refractivity contribution in [3.8, 4) is 33.4 Å². The summed E-state index contributed by atoms with van der Waals surface area (Å²) in [6, 6.07) is 32.8. The molecule has 0 aliphatic heterocycles. The molecule has 0 radical (unpaired) electrons. The third-order valence-electron chi connectivity index (χ3n) is 6.54. The Hall–Kier alpha value is -3.84. The molecule has 1 nitrogen and oxygen atoms in total. The molecule has 0 spiro atoms. The number of fused-ring (bicyclic) bond motifs is 6. The molecule has 5 aromatic carbocycles. The van der Waals surface area contributed by atoms with E-state index in [1.54, 1.807) is 0 Å². The zero-order valence-corrected chi connectivity index (χ0v) is 16.6. The molecule has 0 N–H and O–H groups in total. The Morgan fingerprint density at radius 1 is 0.567 bits per heavy atom. The van der Waals surface area contributed by atoms with Crippen LogP contribution in [0.15, 0.2) is 95.4 Å². The Morgan fingerprint density at radius 2 is 1.30 bits per heavy atom. The van der Waals surface area contributed by atoms with Gasteiger partial charge in [0.05, 0.1) is 0 Å². The van der Waals surface area contributed by atoms with Crippen LogP contribution in [0.4, 0.5) is 0 Å². The third-order valence-corrected chi connectivity index (χ3v) is 6.54. The molecule has 0 saturated heterocycles. The van der Waals surface area contributed by atoms with E-state index in [2.05, 4.69) is 97.9 Å². The van der Waals surface area contributed by atoms with Gasteiger partial charge in [-0.1, -0.05) is 72.8 Å². The Labute approximate surface area is 174 Å². The highest BCUT2D eigenvalue weighted by molar-refractivity contribution is 6.18. The fraction of sp³-hybridized carbons (Fsp3) is 0.0345. The van der Waals surface area contributed by atoms with Crippen LogP contribution in [0.3, 0.4) is 0 Å². The van der Waals surface area contributed by atoms with E-state index < -0.39 is 0 Å². The highest BCUT2D eigenvalue weighted by Gasteiger charge is 2.24. The highest BCUT2D eigenvalue weighted by atomic mass is 16.3. The summed E-state index contributed by atoms with van der Waals surface area (Å²) >= 11 is 0. The largest absolute Gasteiger partial charge is 0.456 e. The summed E-state index contributed by atoms with van der Waals surface area (Å²) in [5, 5.41) is 5.08. The summed E-state index contributed by atoms with van der Waals surface area (Å²) in [5.41, 5.74) is 11.0. The van der Waals surface area contributed by atoms with Crippen molar-refractivity contribution in [2.24, 2.45) is 0 Å². The number of aryl methyl sites for hydroxylation is 1. The Balaban J connectivity index is 1.56. The van der Waals surface area contributed by atoms with Crippen LogP contribution in [0.5, 0.6) is 0 Å². The van der Waals surface area contributed by atoms with Crippen molar-refractivity contribution in [3.05, 3.63) is 96.6 Å². The first kappa shape index (κ1) is 16.0. The summed E-state index contributed by atoms with van der Waals surface area (Å²) in [6.07, 6.45) is 0. The number of hydrogen-bond donors (Lipinski definition) is 0. The molecule has 1 aliphatic carbocycles. The molecule has 0 bridgehead atoms. The van der Waals surface area contributed by atoms with Gasteiger partial charge in [-0.2, -0.15) is 0 Å². The predicted octanol–water partition coefficient (Wildman–Crippen LogP) is 8.36. The molecule has 140 valence electrons. The van der Waals surface area contributed by atoms with Crippen molar-refractivity contribution >= 4 is 32.7 Å². The maximum absolute atomic E-state index is 6.11. The van der Waals surface area contributed by atoms with Gasteiger partial charge in [-0.15, -0.1) is 0 Å². The average molecular weight is 382 g/mol. The summed E-state index contributed by atoms with van der Waals surface area (Å²) in [4.78, 5) is 0. The standard InChI is InChI=1S/C29H18O/c1-17-6-2-13-26-27(17)24-16-19(14-15-25(24)30-26)20-9-5-11-22-21-10-3-7-18-8-4-12-23(28(18)21)29(20)22/h2-16H,1H3. The second-order valence-electron chi connectivity index (χ2n) is 8.20. The van der Waals surface area contributed by atoms with Crippen molar-refractivity contribution in [1.82, 2.24) is 0 Å². The van der Waals surface area contributed by atoms with E-state index in [1.807, 2.05) is 0 Å². The van der Waals surface area contributed by atoms with Crippen molar-refractivity contribution in [1.29, 1.82) is 0 Å². The van der Waals surface area contributed by atoms with Gasteiger partial charge in [0.2, 0.25) is 0 Å². The van der Waals surface area contributed by atoms with Gasteiger partial charge in [0.25, 0.3) is 0 Å². The van der Waals surface area contributed by atoms with E-state index in [1.165, 1.54) is 60.5 Å². The van der Waals surface area contributed by atoms with E-state index in [0.717, 1.165) is 11.2 Å². The van der Waals surface area contributed by atoms with E-state index >= 15 is 0 Å². The number of benzene rings is 5. The molecule has 0 amide bonds. The van der Waals surface area contributed by atoms with Crippen molar-refractivity contribution in [2.45, 2.75) is 6.92 Å². The van der Waals surface area contributed by atoms with Crippen LogP contribution in [-0.2, 0) is 0 Å². The molecule has 0 fully saturated rings. The molecule has 30 heavy (non-hydrogen) atoms. The van der Waals surface area contributed by atoms with Crippen LogP contribution >= 0.6 is 0 Å². The van der Waals surface area contributed by atoms with Crippen molar-refractivity contribution < 1.29 is 4.42 Å². The van der Waals surface area contributed by atoms with Gasteiger partial charge in [-0.05, 0) is 74.8 Å². The number of furan rings is 1. The molecule has 0 unspecified atom stereocenters. The lowest BCUT2D eigenvalue weighted by molar-refractivity contribution is 0.669. The van der Waals surface area contributed by atoms with Gasteiger partial charge in [-0.3, -0.25) is 0 Å². The monoisotopic (exact) mass is 382 g/mol. The second-order valence-corrected chi connectivity index (χ2v) is 8.20. The Morgan fingerprint density at radius 3 is 2.20 bits per heavy atom. The molecule has 0 atom stereocenters. The molecule has 1 aliphatic rings. The molecular formula is C29H18O. The lowest BCUT2D eigenvalue weighted by atomic mass is 9.92. The minimum absolute atomic E-state index is 0.945. The minimum atomic E-state index is 0.945. The van der Waals surface area contributed by atoms with Gasteiger partial charge in [0.15, 0.2) is 0 Å². The Bertz CT molecular complexity index is 1640. The topological polar surface area (TPSA) is 13.1 Å². The van der Waals surface area contributed by atoms with E-state index in [0.29, 0.717) is 0 Å². The normalized spacial score (nSPS) is 12.2. The molecule has 0 saturated carbocycles. The fourth-order valence-corrected chi connectivity index (χ4v) is 5.25.